The number of hydrogen-bond donors (Lipinski definition) is 2. The first-order valence-electron chi connectivity index (χ1n) is 7.42. The lowest BCUT2D eigenvalue weighted by Crippen LogP contribution is -2.47. The van der Waals surface area contributed by atoms with Crippen molar-refractivity contribution in [2.75, 3.05) is 26.2 Å². The van der Waals surface area contributed by atoms with Crippen molar-refractivity contribution in [1.82, 2.24) is 10.2 Å². The van der Waals surface area contributed by atoms with Crippen molar-refractivity contribution < 1.29 is 4.79 Å². The second-order valence-electron chi connectivity index (χ2n) is 5.99. The van der Waals surface area contributed by atoms with E-state index in [0.29, 0.717) is 13.1 Å². The smallest absolute Gasteiger partial charge is 0.224 e. The van der Waals surface area contributed by atoms with Gasteiger partial charge in [-0.1, -0.05) is 6.92 Å². The van der Waals surface area contributed by atoms with Gasteiger partial charge in [0.05, 0.1) is 5.92 Å². The predicted octanol–water partition coefficient (Wildman–Crippen LogP) is 0.962. The summed E-state index contributed by atoms with van der Waals surface area (Å²) >= 11 is 0. The first-order chi connectivity index (χ1) is 8.70. The Morgan fingerprint density at radius 3 is 2.89 bits per heavy atom. The molecule has 1 aliphatic carbocycles. The van der Waals surface area contributed by atoms with E-state index in [-0.39, 0.29) is 11.8 Å². The fraction of sp³-hybridized carbons (Fsp3) is 0.929. The van der Waals surface area contributed by atoms with Crippen LogP contribution in [0, 0.1) is 11.8 Å². The van der Waals surface area contributed by atoms with Crippen LogP contribution >= 0.6 is 0 Å². The van der Waals surface area contributed by atoms with Crippen molar-refractivity contribution in [2.24, 2.45) is 17.6 Å². The minimum absolute atomic E-state index is 0.182. The number of amides is 1. The molecule has 0 spiro atoms. The summed E-state index contributed by atoms with van der Waals surface area (Å²) in [5.41, 5.74) is 5.42. The molecule has 0 bridgehead atoms. The molecule has 0 radical (unpaired) electrons. The average Bonchev–Trinajstić information content (AvgIpc) is 2.83. The fourth-order valence-corrected chi connectivity index (χ4v) is 3.40. The van der Waals surface area contributed by atoms with Crippen LogP contribution in [0.4, 0.5) is 0 Å². The number of nitrogens with one attached hydrogen (secondary N) is 1. The van der Waals surface area contributed by atoms with Crippen LogP contribution < -0.4 is 11.1 Å². The predicted molar refractivity (Wildman–Crippen MR) is 73.2 cm³/mol. The Morgan fingerprint density at radius 1 is 1.39 bits per heavy atom. The van der Waals surface area contributed by atoms with Gasteiger partial charge in [0.15, 0.2) is 0 Å². The molecular formula is C14H27N3O. The van der Waals surface area contributed by atoms with Crippen LogP contribution in [0.2, 0.25) is 0 Å². The van der Waals surface area contributed by atoms with E-state index in [1.165, 1.54) is 25.8 Å². The normalized spacial score (nSPS) is 33.6. The largest absolute Gasteiger partial charge is 0.355 e. The molecule has 1 amide bonds. The van der Waals surface area contributed by atoms with Crippen LogP contribution in [0.1, 0.15) is 39.0 Å². The number of rotatable bonds is 4. The molecular weight excluding hydrogens is 226 g/mol. The van der Waals surface area contributed by atoms with Crippen LogP contribution in [0.3, 0.4) is 0 Å². The van der Waals surface area contributed by atoms with Gasteiger partial charge in [-0.3, -0.25) is 9.69 Å². The highest BCUT2D eigenvalue weighted by Gasteiger charge is 2.32. The summed E-state index contributed by atoms with van der Waals surface area (Å²) in [5, 5.41) is 2.93. The molecule has 2 fully saturated rings. The minimum atomic E-state index is 0.182. The number of hydrogen-bond acceptors (Lipinski definition) is 3. The molecule has 18 heavy (non-hydrogen) atoms. The maximum Gasteiger partial charge on any atom is 0.224 e. The first-order valence-corrected chi connectivity index (χ1v) is 7.42. The van der Waals surface area contributed by atoms with Crippen LogP contribution in [0.15, 0.2) is 0 Å². The summed E-state index contributed by atoms with van der Waals surface area (Å²) in [6.07, 6.45) is 6.18. The van der Waals surface area contributed by atoms with Crippen molar-refractivity contribution >= 4 is 5.91 Å². The van der Waals surface area contributed by atoms with E-state index < -0.39 is 0 Å². The average molecular weight is 253 g/mol. The highest BCUT2D eigenvalue weighted by molar-refractivity contribution is 5.78. The third kappa shape index (κ3) is 3.45. The lowest BCUT2D eigenvalue weighted by atomic mass is 9.95. The van der Waals surface area contributed by atoms with Gasteiger partial charge in [0.1, 0.15) is 0 Å². The Bertz CT molecular complexity index is 282. The summed E-state index contributed by atoms with van der Waals surface area (Å²) in [4.78, 5) is 14.5. The van der Waals surface area contributed by atoms with Crippen molar-refractivity contribution in [3.8, 4) is 0 Å². The van der Waals surface area contributed by atoms with Crippen LogP contribution in [-0.4, -0.2) is 43.0 Å². The lowest BCUT2D eigenvalue weighted by Gasteiger charge is -2.36. The third-order valence-electron chi connectivity index (χ3n) is 4.45. The van der Waals surface area contributed by atoms with Gasteiger partial charge in [0.2, 0.25) is 5.91 Å². The molecule has 3 N–H and O–H groups in total. The van der Waals surface area contributed by atoms with Crippen LogP contribution in [0.5, 0.6) is 0 Å². The highest BCUT2D eigenvalue weighted by atomic mass is 16.1. The van der Waals surface area contributed by atoms with Crippen molar-refractivity contribution in [2.45, 2.75) is 45.1 Å². The fourth-order valence-electron chi connectivity index (χ4n) is 3.40. The minimum Gasteiger partial charge on any atom is -0.355 e. The van der Waals surface area contributed by atoms with E-state index in [1.807, 2.05) is 0 Å². The summed E-state index contributed by atoms with van der Waals surface area (Å²) in [5.74, 6) is 1.25. The topological polar surface area (TPSA) is 58.4 Å². The molecule has 1 aliphatic heterocycles. The maximum absolute atomic E-state index is 12.0. The maximum atomic E-state index is 12.0. The molecule has 3 atom stereocenters. The zero-order chi connectivity index (χ0) is 13.0. The number of nitrogens with zero attached hydrogens (tertiary/aromatic N) is 1. The van der Waals surface area contributed by atoms with E-state index in [1.54, 1.807) is 0 Å². The number of carbonyl (C=O) groups is 1. The molecule has 1 saturated heterocycles. The Labute approximate surface area is 110 Å². The molecule has 2 aliphatic rings. The third-order valence-corrected chi connectivity index (χ3v) is 4.45. The zero-order valence-electron chi connectivity index (χ0n) is 11.5. The van der Waals surface area contributed by atoms with E-state index >= 15 is 0 Å². The summed E-state index contributed by atoms with van der Waals surface area (Å²) in [6, 6.07) is 0.727. The summed E-state index contributed by atoms with van der Waals surface area (Å²) in [7, 11) is 0. The lowest BCUT2D eigenvalue weighted by molar-refractivity contribution is -0.126. The number of likely N-dealkylation sites (tertiary alicyclic amines) is 1. The number of piperidine rings is 1. The number of carbonyl (C=O) groups excluding carboxylic acids is 1. The van der Waals surface area contributed by atoms with Gasteiger partial charge < -0.3 is 11.1 Å². The van der Waals surface area contributed by atoms with Gasteiger partial charge >= 0.3 is 0 Å². The Kier molecular flexibility index (Phi) is 5.01. The van der Waals surface area contributed by atoms with E-state index in [0.717, 1.165) is 31.3 Å². The monoisotopic (exact) mass is 253 g/mol. The van der Waals surface area contributed by atoms with Gasteiger partial charge in [0, 0.05) is 25.7 Å². The van der Waals surface area contributed by atoms with Gasteiger partial charge in [0.25, 0.3) is 0 Å². The molecule has 1 heterocycles. The van der Waals surface area contributed by atoms with Crippen molar-refractivity contribution in [3.63, 3.8) is 0 Å². The molecule has 4 heteroatoms. The number of nitrogens with two attached hydrogens (primary N) is 1. The standard InChI is InChI=1S/C14H27N3O/c1-11-4-5-13(9-11)17-8-2-3-12(10-17)14(18)16-7-6-15/h11-13H,2-10,15H2,1H3,(H,16,18). The van der Waals surface area contributed by atoms with E-state index in [4.69, 9.17) is 5.73 Å². The molecule has 0 aromatic heterocycles. The molecule has 104 valence electrons. The second kappa shape index (κ2) is 6.53. The zero-order valence-corrected chi connectivity index (χ0v) is 11.5. The first kappa shape index (κ1) is 13.8. The Balaban J connectivity index is 1.82. The molecule has 3 unspecified atom stereocenters. The molecule has 2 rings (SSSR count). The quantitative estimate of drug-likeness (QED) is 0.784. The van der Waals surface area contributed by atoms with Crippen LogP contribution in [0.25, 0.3) is 0 Å². The summed E-state index contributed by atoms with van der Waals surface area (Å²) in [6.45, 7) is 5.61. The molecule has 0 aromatic carbocycles. The van der Waals surface area contributed by atoms with Crippen LogP contribution in [-0.2, 0) is 4.79 Å². The molecule has 4 nitrogen and oxygen atoms in total. The van der Waals surface area contributed by atoms with Crippen molar-refractivity contribution in [3.05, 3.63) is 0 Å². The summed E-state index contributed by atoms with van der Waals surface area (Å²) < 4.78 is 0. The Morgan fingerprint density at radius 2 is 2.22 bits per heavy atom. The van der Waals surface area contributed by atoms with Crippen molar-refractivity contribution in [1.29, 1.82) is 0 Å². The Hall–Kier alpha value is -0.610. The molecule has 1 saturated carbocycles. The van der Waals surface area contributed by atoms with Gasteiger partial charge in [-0.25, -0.2) is 0 Å². The van der Waals surface area contributed by atoms with E-state index in [2.05, 4.69) is 17.1 Å². The highest BCUT2D eigenvalue weighted by Crippen LogP contribution is 2.31. The SMILES string of the molecule is CC1CCC(N2CCCC(C(=O)NCCN)C2)C1. The van der Waals surface area contributed by atoms with Gasteiger partial charge in [-0.15, -0.1) is 0 Å². The van der Waals surface area contributed by atoms with Gasteiger partial charge in [-0.2, -0.15) is 0 Å². The second-order valence-corrected chi connectivity index (χ2v) is 5.99. The van der Waals surface area contributed by atoms with Gasteiger partial charge in [-0.05, 0) is 44.6 Å². The van der Waals surface area contributed by atoms with E-state index in [9.17, 15) is 4.79 Å². The molecule has 0 aromatic rings.